The number of carbonyl (C=O) groups excluding carboxylic acids is 2. The van der Waals surface area contributed by atoms with Crippen LogP contribution >= 0.6 is 0 Å². The van der Waals surface area contributed by atoms with Crippen molar-refractivity contribution < 1.29 is 29.1 Å². The van der Waals surface area contributed by atoms with Crippen molar-refractivity contribution in [1.29, 1.82) is 0 Å². The van der Waals surface area contributed by atoms with Gasteiger partial charge >= 0.3 is 11.9 Å². The standard InChI is InChI=1S/C26H30O6/c1-3-7-19-11-15-21(16-12-19)25(27)31-29-23-9-5-6-10-24(23)30-32-26(28)22-17-13-20(8-4-2)14-18-22/h11-18H,3-10H2,1-2H3. The molecule has 0 heterocycles. The van der Waals surface area contributed by atoms with E-state index in [9.17, 15) is 9.59 Å². The summed E-state index contributed by atoms with van der Waals surface area (Å²) < 4.78 is 0. The van der Waals surface area contributed by atoms with Gasteiger partial charge in [0.05, 0.1) is 11.1 Å². The van der Waals surface area contributed by atoms with Gasteiger partial charge < -0.3 is 0 Å². The zero-order valence-electron chi connectivity index (χ0n) is 18.7. The Morgan fingerprint density at radius 1 is 0.656 bits per heavy atom. The molecular formula is C26H30O6. The van der Waals surface area contributed by atoms with E-state index in [2.05, 4.69) is 13.8 Å². The van der Waals surface area contributed by atoms with Gasteiger partial charge in [-0.15, -0.1) is 0 Å². The van der Waals surface area contributed by atoms with Crippen LogP contribution in [0.1, 0.15) is 84.2 Å². The van der Waals surface area contributed by atoms with E-state index in [0.717, 1.165) is 49.7 Å². The highest BCUT2D eigenvalue weighted by Crippen LogP contribution is 2.27. The van der Waals surface area contributed by atoms with Gasteiger partial charge in [-0.2, -0.15) is 0 Å². The molecule has 1 aliphatic carbocycles. The van der Waals surface area contributed by atoms with Crippen molar-refractivity contribution in [3.8, 4) is 0 Å². The maximum absolute atomic E-state index is 12.3. The first-order valence-corrected chi connectivity index (χ1v) is 11.3. The maximum atomic E-state index is 12.3. The molecular weight excluding hydrogens is 408 g/mol. The minimum Gasteiger partial charge on any atom is -0.287 e. The number of benzene rings is 2. The molecule has 2 aromatic rings. The highest BCUT2D eigenvalue weighted by atomic mass is 17.2. The Bertz CT molecular complexity index is 850. The van der Waals surface area contributed by atoms with Crippen LogP contribution in [0, 0.1) is 0 Å². The van der Waals surface area contributed by atoms with Crippen molar-refractivity contribution >= 4 is 11.9 Å². The predicted octanol–water partition coefficient (Wildman–Crippen LogP) is 6.25. The van der Waals surface area contributed by atoms with Gasteiger partial charge in [-0.25, -0.2) is 19.4 Å². The van der Waals surface area contributed by atoms with E-state index < -0.39 is 11.9 Å². The molecule has 170 valence electrons. The molecule has 0 bridgehead atoms. The summed E-state index contributed by atoms with van der Waals surface area (Å²) in [5, 5.41) is 0. The third-order valence-corrected chi connectivity index (χ3v) is 5.26. The summed E-state index contributed by atoms with van der Waals surface area (Å²) in [5.41, 5.74) is 3.14. The predicted molar refractivity (Wildman–Crippen MR) is 119 cm³/mol. The van der Waals surface area contributed by atoms with Crippen LogP contribution in [-0.2, 0) is 32.4 Å². The third-order valence-electron chi connectivity index (χ3n) is 5.26. The van der Waals surface area contributed by atoms with Crippen molar-refractivity contribution in [2.75, 3.05) is 0 Å². The van der Waals surface area contributed by atoms with Gasteiger partial charge in [-0.05, 0) is 61.1 Å². The number of rotatable bonds is 10. The van der Waals surface area contributed by atoms with E-state index in [1.165, 1.54) is 0 Å². The van der Waals surface area contributed by atoms with Crippen LogP contribution in [0.4, 0.5) is 0 Å². The Balaban J connectivity index is 1.56. The molecule has 0 N–H and O–H groups in total. The van der Waals surface area contributed by atoms with Crippen molar-refractivity contribution in [1.82, 2.24) is 0 Å². The lowest BCUT2D eigenvalue weighted by Crippen LogP contribution is -2.13. The van der Waals surface area contributed by atoms with Gasteiger partial charge in [-0.3, -0.25) is 9.78 Å². The van der Waals surface area contributed by atoms with Crippen LogP contribution in [0.3, 0.4) is 0 Å². The Kier molecular flexibility index (Phi) is 8.72. The zero-order chi connectivity index (χ0) is 22.8. The Morgan fingerprint density at radius 3 is 1.38 bits per heavy atom. The van der Waals surface area contributed by atoms with Gasteiger partial charge in [0.1, 0.15) is 0 Å². The van der Waals surface area contributed by atoms with Gasteiger partial charge in [0.25, 0.3) is 0 Å². The fourth-order valence-electron chi connectivity index (χ4n) is 3.49. The molecule has 0 amide bonds. The van der Waals surface area contributed by atoms with Crippen molar-refractivity contribution in [3.63, 3.8) is 0 Å². The summed E-state index contributed by atoms with van der Waals surface area (Å²) in [4.78, 5) is 45.2. The van der Waals surface area contributed by atoms with E-state index in [1.807, 2.05) is 24.3 Å². The second-order valence-electron chi connectivity index (χ2n) is 7.86. The fourth-order valence-corrected chi connectivity index (χ4v) is 3.49. The van der Waals surface area contributed by atoms with Crippen LogP contribution < -0.4 is 0 Å². The topological polar surface area (TPSA) is 71.1 Å². The van der Waals surface area contributed by atoms with Crippen LogP contribution in [0.25, 0.3) is 0 Å². The zero-order valence-corrected chi connectivity index (χ0v) is 18.7. The van der Waals surface area contributed by atoms with Crippen LogP contribution in [0.15, 0.2) is 60.0 Å². The monoisotopic (exact) mass is 438 g/mol. The second-order valence-corrected chi connectivity index (χ2v) is 7.86. The lowest BCUT2D eigenvalue weighted by molar-refractivity contribution is -0.239. The maximum Gasteiger partial charge on any atom is 0.386 e. The molecule has 0 saturated heterocycles. The largest absolute Gasteiger partial charge is 0.386 e. The minimum atomic E-state index is -0.588. The quantitative estimate of drug-likeness (QED) is 0.322. The molecule has 2 aromatic carbocycles. The molecule has 0 saturated carbocycles. The molecule has 0 fully saturated rings. The Hall–Kier alpha value is -3.28. The van der Waals surface area contributed by atoms with Crippen LogP contribution in [0.2, 0.25) is 0 Å². The molecule has 0 unspecified atom stereocenters. The van der Waals surface area contributed by atoms with E-state index in [1.54, 1.807) is 24.3 Å². The molecule has 0 radical (unpaired) electrons. The number of allylic oxidation sites excluding steroid dienone is 2. The first-order valence-electron chi connectivity index (χ1n) is 11.3. The summed E-state index contributed by atoms with van der Waals surface area (Å²) in [6.07, 6.45) is 6.78. The van der Waals surface area contributed by atoms with Gasteiger partial charge in [0.15, 0.2) is 11.5 Å². The SMILES string of the molecule is CCCc1ccc(C(=O)OOC2=C(OOC(=O)c3ccc(CCC)cc3)CCCC2)cc1. The van der Waals surface area contributed by atoms with E-state index in [0.29, 0.717) is 35.5 Å². The summed E-state index contributed by atoms with van der Waals surface area (Å²) >= 11 is 0. The second kappa shape index (κ2) is 11.9. The number of hydrogen-bond donors (Lipinski definition) is 0. The summed E-state index contributed by atoms with van der Waals surface area (Å²) in [6, 6.07) is 14.5. The first kappa shape index (κ1) is 23.4. The average molecular weight is 439 g/mol. The summed E-state index contributed by atoms with van der Waals surface area (Å²) in [6.45, 7) is 4.21. The Labute approximate surface area is 189 Å². The highest BCUT2D eigenvalue weighted by Gasteiger charge is 2.22. The first-order chi connectivity index (χ1) is 15.6. The molecule has 6 heteroatoms. The minimum absolute atomic E-state index is 0.360. The summed E-state index contributed by atoms with van der Waals surface area (Å²) in [5.74, 6) is -0.458. The highest BCUT2D eigenvalue weighted by molar-refractivity contribution is 5.89. The third kappa shape index (κ3) is 6.61. The molecule has 32 heavy (non-hydrogen) atoms. The molecule has 0 aromatic heterocycles. The molecule has 0 atom stereocenters. The number of carbonyl (C=O) groups is 2. The van der Waals surface area contributed by atoms with Crippen molar-refractivity contribution in [3.05, 3.63) is 82.3 Å². The Morgan fingerprint density at radius 2 is 1.03 bits per heavy atom. The fraction of sp³-hybridized carbons (Fsp3) is 0.385. The number of hydrogen-bond acceptors (Lipinski definition) is 6. The van der Waals surface area contributed by atoms with E-state index in [-0.39, 0.29) is 0 Å². The summed E-state index contributed by atoms with van der Waals surface area (Å²) in [7, 11) is 0. The molecule has 0 spiro atoms. The molecule has 6 nitrogen and oxygen atoms in total. The normalized spacial score (nSPS) is 13.4. The van der Waals surface area contributed by atoms with Crippen molar-refractivity contribution in [2.45, 2.75) is 65.2 Å². The van der Waals surface area contributed by atoms with Crippen molar-refractivity contribution in [2.24, 2.45) is 0 Å². The smallest absolute Gasteiger partial charge is 0.287 e. The van der Waals surface area contributed by atoms with E-state index >= 15 is 0 Å². The lowest BCUT2D eigenvalue weighted by Gasteiger charge is -2.17. The number of aryl methyl sites for hydroxylation is 2. The van der Waals surface area contributed by atoms with Gasteiger partial charge in [-0.1, -0.05) is 51.0 Å². The average Bonchev–Trinajstić information content (AvgIpc) is 2.83. The van der Waals surface area contributed by atoms with Crippen LogP contribution in [0.5, 0.6) is 0 Å². The molecule has 1 aliphatic rings. The molecule has 3 rings (SSSR count). The van der Waals surface area contributed by atoms with E-state index in [4.69, 9.17) is 19.6 Å². The van der Waals surface area contributed by atoms with Crippen LogP contribution in [-0.4, -0.2) is 11.9 Å². The molecule has 0 aliphatic heterocycles. The lowest BCUT2D eigenvalue weighted by atomic mass is 10.0. The van der Waals surface area contributed by atoms with Gasteiger partial charge in [0, 0.05) is 12.8 Å². The van der Waals surface area contributed by atoms with Gasteiger partial charge in [0.2, 0.25) is 0 Å².